The van der Waals surface area contributed by atoms with Crippen LogP contribution in [0.1, 0.15) is 361 Å². The molecule has 2 atom stereocenters. The van der Waals surface area contributed by atoms with Crippen molar-refractivity contribution in [1.82, 2.24) is 5.32 Å². The Balaban J connectivity index is 3.30. The van der Waals surface area contributed by atoms with Crippen LogP contribution >= 0.6 is 0 Å². The Kier molecular flexibility index (Phi) is 57.5. The molecular weight excluding hydrogens is 839 g/mol. The molecule has 0 spiro atoms. The molecule has 0 aromatic heterocycles. The molecule has 406 valence electrons. The van der Waals surface area contributed by atoms with Crippen molar-refractivity contribution in [3.63, 3.8) is 0 Å². The van der Waals surface area contributed by atoms with Crippen LogP contribution in [0, 0.1) is 0 Å². The van der Waals surface area contributed by atoms with Gasteiger partial charge in [0.1, 0.15) is 0 Å². The second-order valence-corrected chi connectivity index (χ2v) is 21.8. The maximum absolute atomic E-state index is 12.4. The summed E-state index contributed by atoms with van der Waals surface area (Å²) in [6.07, 6.45) is 68.5. The molecular formula is C62H123NO5. The van der Waals surface area contributed by atoms with Gasteiger partial charge in [-0.1, -0.05) is 322 Å². The van der Waals surface area contributed by atoms with E-state index in [4.69, 9.17) is 4.74 Å². The number of rotatable bonds is 59. The van der Waals surface area contributed by atoms with Crippen molar-refractivity contribution in [2.45, 2.75) is 373 Å². The van der Waals surface area contributed by atoms with Gasteiger partial charge in [0, 0.05) is 12.8 Å². The summed E-state index contributed by atoms with van der Waals surface area (Å²) in [6.45, 7) is 4.97. The van der Waals surface area contributed by atoms with E-state index in [2.05, 4.69) is 19.2 Å². The Hall–Kier alpha value is -1.14. The van der Waals surface area contributed by atoms with Gasteiger partial charge in [-0.05, 0) is 25.7 Å². The molecule has 0 aromatic carbocycles. The third-order valence-corrected chi connectivity index (χ3v) is 14.9. The Morgan fingerprint density at radius 2 is 0.603 bits per heavy atom. The van der Waals surface area contributed by atoms with E-state index in [1.807, 2.05) is 0 Å². The van der Waals surface area contributed by atoms with Crippen LogP contribution in [0.25, 0.3) is 0 Å². The molecule has 0 rings (SSSR count). The predicted octanol–water partition coefficient (Wildman–Crippen LogP) is 19.5. The van der Waals surface area contributed by atoms with Gasteiger partial charge in [0.15, 0.2) is 0 Å². The van der Waals surface area contributed by atoms with E-state index in [0.29, 0.717) is 25.9 Å². The normalized spacial score (nSPS) is 12.5. The average molecular weight is 963 g/mol. The first kappa shape index (κ1) is 66.9. The van der Waals surface area contributed by atoms with Gasteiger partial charge < -0.3 is 20.3 Å². The van der Waals surface area contributed by atoms with Crippen LogP contribution in [-0.4, -0.2) is 47.4 Å². The number of hydrogen-bond donors (Lipinski definition) is 3. The Morgan fingerprint density at radius 1 is 0.353 bits per heavy atom. The van der Waals surface area contributed by atoms with E-state index < -0.39 is 12.1 Å². The summed E-state index contributed by atoms with van der Waals surface area (Å²) < 4.78 is 5.47. The van der Waals surface area contributed by atoms with Gasteiger partial charge in [-0.25, -0.2) is 0 Å². The third kappa shape index (κ3) is 54.2. The molecule has 6 heteroatoms. The highest BCUT2D eigenvalue weighted by Crippen LogP contribution is 2.19. The summed E-state index contributed by atoms with van der Waals surface area (Å²) in [6, 6.07) is -0.536. The third-order valence-electron chi connectivity index (χ3n) is 14.9. The molecule has 0 radical (unpaired) electrons. The van der Waals surface area contributed by atoms with Crippen molar-refractivity contribution in [3.05, 3.63) is 0 Å². The highest BCUT2D eigenvalue weighted by Gasteiger charge is 2.20. The van der Waals surface area contributed by atoms with E-state index in [-0.39, 0.29) is 18.5 Å². The number of carbonyl (C=O) groups is 2. The van der Waals surface area contributed by atoms with E-state index in [0.717, 1.165) is 38.5 Å². The molecule has 3 N–H and O–H groups in total. The zero-order valence-corrected chi connectivity index (χ0v) is 46.4. The quantitative estimate of drug-likeness (QED) is 0.0417. The monoisotopic (exact) mass is 962 g/mol. The van der Waals surface area contributed by atoms with E-state index in [1.165, 1.54) is 289 Å². The minimum absolute atomic E-state index is 0.0198. The summed E-state index contributed by atoms with van der Waals surface area (Å²) in [5.74, 6) is -0.0105. The smallest absolute Gasteiger partial charge is 0.305 e. The van der Waals surface area contributed by atoms with Gasteiger partial charge >= 0.3 is 5.97 Å². The molecule has 6 nitrogen and oxygen atoms in total. The van der Waals surface area contributed by atoms with Gasteiger partial charge in [-0.15, -0.1) is 0 Å². The SMILES string of the molecule is CCCCCCCCCCCCCC(=O)OCCCCCCCCCCCCCCCCCCCCCCCCCCCCCCCC(=O)NC(CO)C(O)CCCCCCCCCCCCC. The summed E-state index contributed by atoms with van der Waals surface area (Å²) >= 11 is 0. The molecule has 1 amide bonds. The molecule has 0 bridgehead atoms. The van der Waals surface area contributed by atoms with E-state index >= 15 is 0 Å². The van der Waals surface area contributed by atoms with Crippen LogP contribution < -0.4 is 5.32 Å². The van der Waals surface area contributed by atoms with Crippen LogP contribution in [0.2, 0.25) is 0 Å². The van der Waals surface area contributed by atoms with Gasteiger partial charge in [-0.3, -0.25) is 9.59 Å². The van der Waals surface area contributed by atoms with Crippen LogP contribution in [0.3, 0.4) is 0 Å². The van der Waals surface area contributed by atoms with Crippen molar-refractivity contribution in [3.8, 4) is 0 Å². The fourth-order valence-electron chi connectivity index (χ4n) is 10.1. The van der Waals surface area contributed by atoms with Gasteiger partial charge in [0.05, 0.1) is 25.4 Å². The van der Waals surface area contributed by atoms with Crippen molar-refractivity contribution in [2.75, 3.05) is 13.2 Å². The fourth-order valence-corrected chi connectivity index (χ4v) is 10.1. The number of aliphatic hydroxyl groups excluding tert-OH is 2. The van der Waals surface area contributed by atoms with Crippen LogP contribution in [0.4, 0.5) is 0 Å². The molecule has 0 aliphatic heterocycles. The van der Waals surface area contributed by atoms with Gasteiger partial charge in [0.2, 0.25) is 5.91 Å². The zero-order valence-electron chi connectivity index (χ0n) is 46.4. The Bertz CT molecular complexity index is 975. The number of amides is 1. The summed E-state index contributed by atoms with van der Waals surface area (Å²) in [7, 11) is 0. The van der Waals surface area contributed by atoms with Crippen molar-refractivity contribution in [1.29, 1.82) is 0 Å². The van der Waals surface area contributed by atoms with Crippen LogP contribution in [0.15, 0.2) is 0 Å². The number of unbranched alkanes of at least 4 members (excludes halogenated alkanes) is 48. The molecule has 0 aliphatic rings. The molecule has 0 aromatic rings. The minimum atomic E-state index is -0.659. The average Bonchev–Trinajstić information content (AvgIpc) is 3.34. The Labute approximate surface area is 426 Å². The van der Waals surface area contributed by atoms with E-state index in [1.54, 1.807) is 0 Å². The standard InChI is InChI=1S/C62H123NO5/c1-3-5-7-9-11-13-34-38-42-46-50-54-60(65)59(58-64)63-61(66)55-51-47-43-39-36-32-30-28-26-24-22-20-18-16-15-17-19-21-23-25-27-29-31-33-37-41-45-49-53-57-68-62(67)56-52-48-44-40-35-14-12-10-8-6-4-2/h59-60,64-65H,3-58H2,1-2H3,(H,63,66). The number of carbonyl (C=O) groups excluding carboxylic acids is 2. The topological polar surface area (TPSA) is 95.9 Å². The van der Waals surface area contributed by atoms with Crippen molar-refractivity contribution in [2.24, 2.45) is 0 Å². The number of nitrogens with one attached hydrogen (secondary N) is 1. The molecule has 0 aliphatic carbocycles. The fraction of sp³-hybridized carbons (Fsp3) is 0.968. The van der Waals surface area contributed by atoms with Gasteiger partial charge in [-0.2, -0.15) is 0 Å². The maximum atomic E-state index is 12.4. The summed E-state index contributed by atoms with van der Waals surface area (Å²) in [4.78, 5) is 24.4. The first-order valence-corrected chi connectivity index (χ1v) is 31.3. The molecule has 0 saturated carbocycles. The molecule has 0 saturated heterocycles. The summed E-state index contributed by atoms with van der Waals surface area (Å²) in [5, 5.41) is 23.2. The van der Waals surface area contributed by atoms with Crippen LogP contribution in [0.5, 0.6) is 0 Å². The second kappa shape index (κ2) is 58.4. The summed E-state index contributed by atoms with van der Waals surface area (Å²) in [5.41, 5.74) is 0. The number of ether oxygens (including phenoxy) is 1. The highest BCUT2D eigenvalue weighted by atomic mass is 16.5. The molecule has 2 unspecified atom stereocenters. The zero-order chi connectivity index (χ0) is 49.3. The molecule has 68 heavy (non-hydrogen) atoms. The molecule has 0 heterocycles. The second-order valence-electron chi connectivity index (χ2n) is 21.8. The number of hydrogen-bond acceptors (Lipinski definition) is 5. The van der Waals surface area contributed by atoms with Crippen LogP contribution in [-0.2, 0) is 14.3 Å². The lowest BCUT2D eigenvalue weighted by Crippen LogP contribution is -2.45. The first-order chi connectivity index (χ1) is 33.5. The predicted molar refractivity (Wildman–Crippen MR) is 297 cm³/mol. The number of aliphatic hydroxyl groups is 2. The minimum Gasteiger partial charge on any atom is -0.466 e. The van der Waals surface area contributed by atoms with E-state index in [9.17, 15) is 19.8 Å². The van der Waals surface area contributed by atoms with Gasteiger partial charge in [0.25, 0.3) is 0 Å². The first-order valence-electron chi connectivity index (χ1n) is 31.3. The highest BCUT2D eigenvalue weighted by molar-refractivity contribution is 5.76. The lowest BCUT2D eigenvalue weighted by Gasteiger charge is -2.22. The Morgan fingerprint density at radius 3 is 0.897 bits per heavy atom. The number of esters is 1. The molecule has 0 fully saturated rings. The lowest BCUT2D eigenvalue weighted by atomic mass is 10.0. The van der Waals surface area contributed by atoms with Crippen molar-refractivity contribution < 1.29 is 24.5 Å². The lowest BCUT2D eigenvalue weighted by molar-refractivity contribution is -0.143. The largest absolute Gasteiger partial charge is 0.466 e. The van der Waals surface area contributed by atoms with Crippen molar-refractivity contribution >= 4 is 11.9 Å². The maximum Gasteiger partial charge on any atom is 0.305 e.